The Morgan fingerprint density at radius 2 is 2.08 bits per heavy atom. The third-order valence-corrected chi connectivity index (χ3v) is 4.53. The molecule has 0 aliphatic carbocycles. The summed E-state index contributed by atoms with van der Waals surface area (Å²) in [6, 6.07) is 6.46. The first kappa shape index (κ1) is 16.8. The number of non-ortho nitro benzene ring substituents is 1. The van der Waals surface area contributed by atoms with Crippen molar-refractivity contribution in [2.24, 2.45) is 0 Å². The molecule has 2 heterocycles. The first-order chi connectivity index (χ1) is 11.8. The van der Waals surface area contributed by atoms with Crippen molar-refractivity contribution >= 4 is 28.6 Å². The summed E-state index contributed by atoms with van der Waals surface area (Å²) in [4.78, 5) is 27.1. The summed E-state index contributed by atoms with van der Waals surface area (Å²) < 4.78 is 19.3. The van der Waals surface area contributed by atoms with Crippen LogP contribution in [0.5, 0.6) is 0 Å². The molecule has 0 fully saturated rings. The van der Waals surface area contributed by atoms with Crippen molar-refractivity contribution in [1.82, 2.24) is 4.98 Å². The van der Waals surface area contributed by atoms with Crippen LogP contribution >= 0.6 is 11.3 Å². The molecule has 3 aromatic rings. The van der Waals surface area contributed by atoms with Crippen LogP contribution in [0.1, 0.15) is 21.1 Å². The second-order valence-corrected chi connectivity index (χ2v) is 6.22. The topological polar surface area (TPSA) is 98.3 Å². The van der Waals surface area contributed by atoms with Gasteiger partial charge < -0.3 is 9.73 Å². The summed E-state index contributed by atoms with van der Waals surface area (Å²) in [7, 11) is 0. The van der Waals surface area contributed by atoms with Gasteiger partial charge in [0.1, 0.15) is 16.5 Å². The van der Waals surface area contributed by atoms with Gasteiger partial charge >= 0.3 is 0 Å². The minimum atomic E-state index is -0.761. The van der Waals surface area contributed by atoms with Gasteiger partial charge in [0.2, 0.25) is 0 Å². The molecule has 0 radical (unpaired) electrons. The van der Waals surface area contributed by atoms with E-state index in [0.29, 0.717) is 22.2 Å². The predicted molar refractivity (Wildman–Crippen MR) is 90.3 cm³/mol. The van der Waals surface area contributed by atoms with Crippen LogP contribution in [-0.2, 0) is 0 Å². The van der Waals surface area contributed by atoms with Crippen LogP contribution in [0.3, 0.4) is 0 Å². The van der Waals surface area contributed by atoms with Crippen LogP contribution in [0.2, 0.25) is 0 Å². The zero-order valence-electron chi connectivity index (χ0n) is 13.2. The van der Waals surface area contributed by atoms with Crippen LogP contribution in [0.25, 0.3) is 10.8 Å². The molecule has 0 aliphatic rings. The Morgan fingerprint density at radius 3 is 2.72 bits per heavy atom. The molecule has 0 spiro atoms. The molecule has 7 nitrogen and oxygen atoms in total. The number of aryl methyl sites for hydroxylation is 2. The number of nitro benzene ring substituents is 1. The Balaban J connectivity index is 1.88. The molecule has 0 unspecified atom stereocenters. The maximum absolute atomic E-state index is 13.8. The summed E-state index contributed by atoms with van der Waals surface area (Å²) in [5.41, 5.74) is -0.121. The van der Waals surface area contributed by atoms with Crippen LogP contribution < -0.4 is 5.32 Å². The number of anilines is 1. The van der Waals surface area contributed by atoms with Crippen molar-refractivity contribution in [2.75, 3.05) is 5.32 Å². The summed E-state index contributed by atoms with van der Waals surface area (Å²) in [6.45, 7) is 3.44. The van der Waals surface area contributed by atoms with Gasteiger partial charge in [0.15, 0.2) is 10.8 Å². The van der Waals surface area contributed by atoms with Crippen molar-refractivity contribution in [1.29, 1.82) is 0 Å². The van der Waals surface area contributed by atoms with E-state index in [2.05, 4.69) is 10.3 Å². The van der Waals surface area contributed by atoms with Gasteiger partial charge in [0, 0.05) is 12.1 Å². The molecular formula is C16H12FN3O4S. The van der Waals surface area contributed by atoms with E-state index in [1.165, 1.54) is 0 Å². The van der Waals surface area contributed by atoms with Crippen LogP contribution in [-0.4, -0.2) is 15.8 Å². The van der Waals surface area contributed by atoms with Crippen molar-refractivity contribution in [3.63, 3.8) is 0 Å². The summed E-state index contributed by atoms with van der Waals surface area (Å²) in [5, 5.41) is 13.7. The summed E-state index contributed by atoms with van der Waals surface area (Å²) in [6.07, 6.45) is 0. The summed E-state index contributed by atoms with van der Waals surface area (Å²) >= 11 is 1.10. The van der Waals surface area contributed by atoms with Gasteiger partial charge in [-0.3, -0.25) is 14.9 Å². The van der Waals surface area contributed by atoms with E-state index < -0.39 is 16.6 Å². The Morgan fingerprint density at radius 1 is 1.32 bits per heavy atom. The molecule has 1 aromatic carbocycles. The van der Waals surface area contributed by atoms with E-state index in [-0.39, 0.29) is 16.3 Å². The van der Waals surface area contributed by atoms with Crippen molar-refractivity contribution < 1.29 is 18.5 Å². The lowest BCUT2D eigenvalue weighted by atomic mass is 10.2. The van der Waals surface area contributed by atoms with Crippen LogP contribution in [0.4, 0.5) is 15.8 Å². The number of rotatable bonds is 4. The molecule has 0 saturated heterocycles. The van der Waals surface area contributed by atoms with Gasteiger partial charge in [-0.05, 0) is 32.0 Å². The molecule has 2 aromatic heterocycles. The average Bonchev–Trinajstić information content (AvgIpc) is 3.15. The number of thiazole rings is 1. The largest absolute Gasteiger partial charge is 0.459 e. The third-order valence-electron chi connectivity index (χ3n) is 3.36. The van der Waals surface area contributed by atoms with Gasteiger partial charge in [-0.2, -0.15) is 0 Å². The Kier molecular flexibility index (Phi) is 4.32. The lowest BCUT2D eigenvalue weighted by Crippen LogP contribution is -2.13. The number of nitrogens with zero attached hydrogens (tertiary/aromatic N) is 2. The zero-order chi connectivity index (χ0) is 18.1. The molecule has 0 aliphatic heterocycles. The fraction of sp³-hybridized carbons (Fsp3) is 0.125. The quantitative estimate of drug-likeness (QED) is 0.551. The van der Waals surface area contributed by atoms with Gasteiger partial charge in [-0.25, -0.2) is 9.37 Å². The second kappa shape index (κ2) is 6.44. The minimum Gasteiger partial charge on any atom is -0.459 e. The maximum Gasteiger partial charge on any atom is 0.271 e. The number of amides is 1. The minimum absolute atomic E-state index is 0.262. The highest BCUT2D eigenvalue weighted by molar-refractivity contribution is 7.17. The SMILES string of the molecule is Cc1ccc(-c2nc(C)c(C(=O)Nc3cc([N+](=O)[O-])ccc3F)s2)o1. The number of hydrogen-bond donors (Lipinski definition) is 1. The fourth-order valence-corrected chi connectivity index (χ4v) is 3.09. The van der Waals surface area contributed by atoms with Gasteiger partial charge in [-0.15, -0.1) is 11.3 Å². The first-order valence-corrected chi connectivity index (χ1v) is 7.96. The van der Waals surface area contributed by atoms with Crippen molar-refractivity contribution in [3.05, 3.63) is 62.6 Å². The molecule has 128 valence electrons. The Labute approximate surface area is 145 Å². The number of halogens is 1. The summed E-state index contributed by atoms with van der Waals surface area (Å²) in [5.74, 6) is -0.106. The lowest BCUT2D eigenvalue weighted by Gasteiger charge is -2.05. The molecule has 1 amide bonds. The Bertz CT molecular complexity index is 980. The predicted octanol–water partition coefficient (Wildman–Crippen LogP) is 4.32. The van der Waals surface area contributed by atoms with E-state index >= 15 is 0 Å². The number of carbonyl (C=O) groups is 1. The third kappa shape index (κ3) is 3.41. The number of carbonyl (C=O) groups excluding carboxylic acids is 1. The molecule has 1 N–H and O–H groups in total. The van der Waals surface area contributed by atoms with Crippen molar-refractivity contribution in [3.8, 4) is 10.8 Å². The number of nitro groups is 1. The van der Waals surface area contributed by atoms with E-state index in [4.69, 9.17) is 4.42 Å². The number of nitrogens with one attached hydrogen (secondary N) is 1. The molecular weight excluding hydrogens is 349 g/mol. The van der Waals surface area contributed by atoms with E-state index in [0.717, 1.165) is 29.5 Å². The molecule has 0 saturated carbocycles. The number of benzene rings is 1. The highest BCUT2D eigenvalue weighted by atomic mass is 32.1. The van der Waals surface area contributed by atoms with E-state index in [1.54, 1.807) is 26.0 Å². The standard InChI is InChI=1S/C16H12FN3O4S/c1-8-3-6-13(24-8)16-18-9(2)14(25-16)15(21)19-12-7-10(20(22)23)4-5-11(12)17/h3-7H,1-2H3,(H,19,21). The molecule has 0 atom stereocenters. The van der Waals surface area contributed by atoms with E-state index in [9.17, 15) is 19.3 Å². The van der Waals surface area contributed by atoms with Crippen LogP contribution in [0.15, 0.2) is 34.7 Å². The normalized spacial score (nSPS) is 10.7. The maximum atomic E-state index is 13.8. The number of furan rings is 1. The van der Waals surface area contributed by atoms with Gasteiger partial charge in [-0.1, -0.05) is 0 Å². The second-order valence-electron chi connectivity index (χ2n) is 5.22. The molecule has 3 rings (SSSR count). The number of hydrogen-bond acceptors (Lipinski definition) is 6. The molecule has 9 heteroatoms. The highest BCUT2D eigenvalue weighted by Crippen LogP contribution is 2.30. The first-order valence-electron chi connectivity index (χ1n) is 7.14. The fourth-order valence-electron chi connectivity index (χ4n) is 2.16. The average molecular weight is 361 g/mol. The van der Waals surface area contributed by atoms with Gasteiger partial charge in [0.25, 0.3) is 11.6 Å². The molecule has 0 bridgehead atoms. The van der Waals surface area contributed by atoms with Crippen molar-refractivity contribution in [2.45, 2.75) is 13.8 Å². The number of aromatic nitrogens is 1. The monoisotopic (exact) mass is 361 g/mol. The zero-order valence-corrected chi connectivity index (χ0v) is 14.0. The lowest BCUT2D eigenvalue weighted by molar-refractivity contribution is -0.384. The van der Waals surface area contributed by atoms with E-state index in [1.807, 2.05) is 0 Å². The highest BCUT2D eigenvalue weighted by Gasteiger charge is 2.20. The van der Waals surface area contributed by atoms with Gasteiger partial charge in [0.05, 0.1) is 16.3 Å². The molecule has 25 heavy (non-hydrogen) atoms. The Hall–Kier alpha value is -3.07. The smallest absolute Gasteiger partial charge is 0.271 e. The van der Waals surface area contributed by atoms with Crippen LogP contribution in [0, 0.1) is 29.8 Å².